The summed E-state index contributed by atoms with van der Waals surface area (Å²) in [5.41, 5.74) is -1.24. The zero-order valence-electron chi connectivity index (χ0n) is 10.8. The number of carbonyl (C=O) groups excluding carboxylic acids is 1. The highest BCUT2D eigenvalue weighted by Gasteiger charge is 2.34. The van der Waals surface area contributed by atoms with Crippen LogP contribution in [0.15, 0.2) is 18.7 Å². The van der Waals surface area contributed by atoms with Crippen LogP contribution in [0.1, 0.15) is 13.8 Å². The third-order valence-electron chi connectivity index (χ3n) is 2.87. The van der Waals surface area contributed by atoms with Gasteiger partial charge in [0.15, 0.2) is 0 Å². The second-order valence-corrected chi connectivity index (χ2v) is 4.46. The summed E-state index contributed by atoms with van der Waals surface area (Å²) in [6, 6.07) is -0.414. The summed E-state index contributed by atoms with van der Waals surface area (Å²) in [4.78, 5) is 27.8. The molecule has 7 heteroatoms. The predicted molar refractivity (Wildman–Crippen MR) is 65.1 cm³/mol. The lowest BCUT2D eigenvalue weighted by atomic mass is 10.1. The number of likely N-dealkylation sites (N-methyl/N-ethyl adjacent to an activating group) is 1. The number of nitrogens with one attached hydrogen (secondary N) is 1. The Hall–Kier alpha value is -2.05. The number of aromatic nitrogens is 2. The van der Waals surface area contributed by atoms with E-state index in [1.807, 2.05) is 4.57 Å². The van der Waals surface area contributed by atoms with Gasteiger partial charge in [0, 0.05) is 32.5 Å². The molecule has 1 heterocycles. The number of carbonyl (C=O) groups is 2. The standard InChI is InChI=1S/C11H18N4O3/c1-11(2,9(16)17)14(3)10(18)13-5-7-15-6-4-12-8-15/h4,6,8H,5,7H2,1-3H3,(H,13,18)(H,16,17). The van der Waals surface area contributed by atoms with E-state index in [0.717, 1.165) is 0 Å². The number of aliphatic carboxylic acids is 1. The Labute approximate surface area is 105 Å². The molecule has 0 atom stereocenters. The summed E-state index contributed by atoms with van der Waals surface area (Å²) in [6.07, 6.45) is 5.09. The monoisotopic (exact) mass is 254 g/mol. The first-order chi connectivity index (χ1) is 8.35. The Morgan fingerprint density at radius 3 is 2.67 bits per heavy atom. The molecule has 1 aromatic heterocycles. The van der Waals surface area contributed by atoms with Crippen LogP contribution in [0.2, 0.25) is 0 Å². The van der Waals surface area contributed by atoms with Gasteiger partial charge in [-0.05, 0) is 13.8 Å². The van der Waals surface area contributed by atoms with Gasteiger partial charge in [-0.1, -0.05) is 0 Å². The van der Waals surface area contributed by atoms with Crippen LogP contribution in [0.25, 0.3) is 0 Å². The van der Waals surface area contributed by atoms with E-state index in [1.54, 1.807) is 18.7 Å². The molecule has 0 bridgehead atoms. The molecular formula is C11H18N4O3. The molecule has 1 rings (SSSR count). The summed E-state index contributed by atoms with van der Waals surface area (Å²) < 4.78 is 1.82. The van der Waals surface area contributed by atoms with Crippen molar-refractivity contribution in [2.45, 2.75) is 25.9 Å². The van der Waals surface area contributed by atoms with Crippen molar-refractivity contribution in [3.8, 4) is 0 Å². The Morgan fingerprint density at radius 1 is 1.50 bits per heavy atom. The molecule has 0 radical (unpaired) electrons. The Morgan fingerprint density at radius 2 is 2.17 bits per heavy atom. The number of hydrogen-bond acceptors (Lipinski definition) is 3. The van der Waals surface area contributed by atoms with Crippen LogP contribution < -0.4 is 5.32 Å². The van der Waals surface area contributed by atoms with Crippen molar-refractivity contribution in [1.82, 2.24) is 19.8 Å². The number of carboxylic acid groups (broad SMARTS) is 1. The molecule has 0 unspecified atom stereocenters. The van der Waals surface area contributed by atoms with Gasteiger partial charge in [0.25, 0.3) is 0 Å². The fraction of sp³-hybridized carbons (Fsp3) is 0.545. The molecule has 0 aliphatic heterocycles. The van der Waals surface area contributed by atoms with E-state index >= 15 is 0 Å². The minimum absolute atomic E-state index is 0.412. The van der Waals surface area contributed by atoms with Gasteiger partial charge in [-0.3, -0.25) is 0 Å². The fourth-order valence-electron chi connectivity index (χ4n) is 1.23. The summed E-state index contributed by atoms with van der Waals surface area (Å²) in [5, 5.41) is 11.7. The average Bonchev–Trinajstić information content (AvgIpc) is 2.80. The number of amides is 2. The molecule has 0 fully saturated rings. The first-order valence-corrected chi connectivity index (χ1v) is 5.56. The molecule has 18 heavy (non-hydrogen) atoms. The predicted octanol–water partition coefficient (Wildman–Crippen LogP) is 0.388. The minimum Gasteiger partial charge on any atom is -0.480 e. The average molecular weight is 254 g/mol. The summed E-state index contributed by atoms with van der Waals surface area (Å²) in [6.45, 7) is 3.96. The van der Waals surface area contributed by atoms with E-state index in [0.29, 0.717) is 13.1 Å². The highest BCUT2D eigenvalue weighted by Crippen LogP contribution is 2.12. The van der Waals surface area contributed by atoms with Crippen LogP contribution in [0.3, 0.4) is 0 Å². The zero-order valence-corrected chi connectivity index (χ0v) is 10.8. The van der Waals surface area contributed by atoms with E-state index < -0.39 is 17.5 Å². The minimum atomic E-state index is -1.24. The van der Waals surface area contributed by atoms with Crippen LogP contribution in [0, 0.1) is 0 Å². The number of urea groups is 1. The van der Waals surface area contributed by atoms with E-state index in [9.17, 15) is 9.59 Å². The highest BCUT2D eigenvalue weighted by atomic mass is 16.4. The van der Waals surface area contributed by atoms with E-state index in [1.165, 1.54) is 25.8 Å². The lowest BCUT2D eigenvalue weighted by Crippen LogP contribution is -2.54. The van der Waals surface area contributed by atoms with Crippen molar-refractivity contribution in [3.63, 3.8) is 0 Å². The maximum atomic E-state index is 11.7. The smallest absolute Gasteiger partial charge is 0.329 e. The van der Waals surface area contributed by atoms with E-state index in [-0.39, 0.29) is 0 Å². The number of imidazole rings is 1. The van der Waals surface area contributed by atoms with Crippen molar-refractivity contribution in [3.05, 3.63) is 18.7 Å². The van der Waals surface area contributed by atoms with Crippen molar-refractivity contribution in [2.75, 3.05) is 13.6 Å². The molecule has 2 N–H and O–H groups in total. The maximum absolute atomic E-state index is 11.7. The number of hydrogen-bond donors (Lipinski definition) is 2. The van der Waals surface area contributed by atoms with Crippen molar-refractivity contribution < 1.29 is 14.7 Å². The zero-order chi connectivity index (χ0) is 13.8. The van der Waals surface area contributed by atoms with Gasteiger partial charge < -0.3 is 19.9 Å². The van der Waals surface area contributed by atoms with Gasteiger partial charge in [0.1, 0.15) is 5.54 Å². The second-order valence-electron chi connectivity index (χ2n) is 4.46. The quantitative estimate of drug-likeness (QED) is 0.795. The van der Waals surface area contributed by atoms with Crippen LogP contribution in [0.5, 0.6) is 0 Å². The molecule has 100 valence electrons. The normalized spacial score (nSPS) is 11.1. The molecule has 7 nitrogen and oxygen atoms in total. The van der Waals surface area contributed by atoms with Gasteiger partial charge in [0.05, 0.1) is 6.33 Å². The van der Waals surface area contributed by atoms with Crippen LogP contribution >= 0.6 is 0 Å². The highest BCUT2D eigenvalue weighted by molar-refractivity contribution is 5.85. The number of rotatable bonds is 5. The van der Waals surface area contributed by atoms with Gasteiger partial charge in [-0.2, -0.15) is 0 Å². The molecule has 0 aliphatic carbocycles. The van der Waals surface area contributed by atoms with Crippen LogP contribution in [-0.2, 0) is 11.3 Å². The molecule has 2 amide bonds. The third-order valence-corrected chi connectivity index (χ3v) is 2.87. The summed E-state index contributed by atoms with van der Waals surface area (Å²) >= 11 is 0. The lowest BCUT2D eigenvalue weighted by molar-refractivity contribution is -0.146. The first kappa shape index (κ1) is 14.0. The van der Waals surface area contributed by atoms with Crippen molar-refractivity contribution in [2.24, 2.45) is 0 Å². The molecular weight excluding hydrogens is 236 g/mol. The van der Waals surface area contributed by atoms with E-state index in [4.69, 9.17) is 5.11 Å². The SMILES string of the molecule is CN(C(=O)NCCn1ccnc1)C(C)(C)C(=O)O. The van der Waals surface area contributed by atoms with Crippen molar-refractivity contribution >= 4 is 12.0 Å². The molecule has 0 saturated carbocycles. The Balaban J connectivity index is 2.43. The molecule has 0 aliphatic rings. The summed E-state index contributed by atoms with van der Waals surface area (Å²) in [7, 11) is 1.46. The molecule has 1 aromatic rings. The first-order valence-electron chi connectivity index (χ1n) is 5.56. The maximum Gasteiger partial charge on any atom is 0.329 e. The topological polar surface area (TPSA) is 87.5 Å². The Kier molecular flexibility index (Phi) is 4.30. The van der Waals surface area contributed by atoms with Gasteiger partial charge in [0.2, 0.25) is 0 Å². The fourth-order valence-corrected chi connectivity index (χ4v) is 1.23. The van der Waals surface area contributed by atoms with Gasteiger partial charge in [-0.15, -0.1) is 0 Å². The number of carboxylic acids is 1. The van der Waals surface area contributed by atoms with Gasteiger partial charge in [-0.25, -0.2) is 14.6 Å². The van der Waals surface area contributed by atoms with E-state index in [2.05, 4.69) is 10.3 Å². The van der Waals surface area contributed by atoms with Crippen LogP contribution in [-0.4, -0.2) is 50.7 Å². The van der Waals surface area contributed by atoms with Crippen molar-refractivity contribution in [1.29, 1.82) is 0 Å². The largest absolute Gasteiger partial charge is 0.480 e. The second kappa shape index (κ2) is 5.52. The summed E-state index contributed by atoms with van der Waals surface area (Å²) in [5.74, 6) is -1.05. The molecule has 0 saturated heterocycles. The Bertz CT molecular complexity index is 414. The molecule has 0 spiro atoms. The van der Waals surface area contributed by atoms with Gasteiger partial charge >= 0.3 is 12.0 Å². The van der Waals surface area contributed by atoms with Crippen LogP contribution in [0.4, 0.5) is 4.79 Å². The molecule has 0 aromatic carbocycles. The lowest BCUT2D eigenvalue weighted by Gasteiger charge is -2.31. The number of nitrogens with zero attached hydrogens (tertiary/aromatic N) is 3. The third kappa shape index (κ3) is 3.22.